The Labute approximate surface area is 124 Å². The van der Waals surface area contributed by atoms with E-state index in [0.29, 0.717) is 5.41 Å². The van der Waals surface area contributed by atoms with Crippen molar-refractivity contribution in [2.45, 2.75) is 71.3 Å². The topological polar surface area (TPSA) is 23.5 Å². The number of likely N-dealkylation sites (N-methyl/N-ethyl adjacent to an activating group) is 1. The molecule has 2 nitrogen and oxygen atoms in total. The molecule has 0 aliphatic heterocycles. The van der Waals surface area contributed by atoms with E-state index in [4.69, 9.17) is 0 Å². The van der Waals surface area contributed by atoms with E-state index in [2.05, 4.69) is 18.7 Å². The summed E-state index contributed by atoms with van der Waals surface area (Å²) < 4.78 is 0. The molecule has 4 aliphatic rings. The molecule has 0 aromatic rings. The molecule has 2 heteroatoms. The zero-order valence-corrected chi connectivity index (χ0v) is 13.5. The van der Waals surface area contributed by atoms with Gasteiger partial charge in [0.1, 0.15) is 0 Å². The van der Waals surface area contributed by atoms with Crippen molar-refractivity contribution in [3.05, 3.63) is 0 Å². The third-order valence-corrected chi connectivity index (χ3v) is 6.50. The van der Waals surface area contributed by atoms with E-state index < -0.39 is 0 Å². The van der Waals surface area contributed by atoms with Gasteiger partial charge >= 0.3 is 0 Å². The van der Waals surface area contributed by atoms with E-state index in [-0.39, 0.29) is 6.10 Å². The predicted molar refractivity (Wildman–Crippen MR) is 83.6 cm³/mol. The van der Waals surface area contributed by atoms with Crippen LogP contribution in [0.5, 0.6) is 0 Å². The summed E-state index contributed by atoms with van der Waals surface area (Å²) in [5, 5.41) is 11.0. The number of hydrogen-bond acceptors (Lipinski definition) is 2. The number of unbranched alkanes of at least 4 members (excludes halogenated alkanes) is 1. The van der Waals surface area contributed by atoms with Crippen molar-refractivity contribution in [1.29, 1.82) is 0 Å². The fraction of sp³-hybridized carbons (Fsp3) is 1.00. The van der Waals surface area contributed by atoms with E-state index in [0.717, 1.165) is 37.4 Å². The van der Waals surface area contributed by atoms with Crippen LogP contribution in [0.4, 0.5) is 0 Å². The molecule has 0 aromatic carbocycles. The summed E-state index contributed by atoms with van der Waals surface area (Å²) in [4.78, 5) is 2.48. The Bertz CT molecular complexity index is 292. The molecule has 0 aromatic heterocycles. The highest BCUT2D eigenvalue weighted by Crippen LogP contribution is 2.61. The van der Waals surface area contributed by atoms with Crippen LogP contribution in [0.15, 0.2) is 0 Å². The van der Waals surface area contributed by atoms with Gasteiger partial charge in [-0.3, -0.25) is 0 Å². The van der Waals surface area contributed by atoms with Crippen LogP contribution in [-0.2, 0) is 0 Å². The van der Waals surface area contributed by atoms with E-state index in [1.54, 1.807) is 0 Å². The second kappa shape index (κ2) is 5.96. The van der Waals surface area contributed by atoms with E-state index in [9.17, 15) is 5.11 Å². The van der Waals surface area contributed by atoms with Crippen molar-refractivity contribution in [3.63, 3.8) is 0 Å². The van der Waals surface area contributed by atoms with E-state index in [1.807, 2.05) is 0 Å². The lowest BCUT2D eigenvalue weighted by atomic mass is 9.48. The van der Waals surface area contributed by atoms with Gasteiger partial charge in [0, 0.05) is 6.54 Å². The molecule has 4 saturated carbocycles. The molecule has 0 radical (unpaired) electrons. The predicted octanol–water partition coefficient (Wildman–Crippen LogP) is 3.69. The number of rotatable bonds is 7. The molecule has 0 heterocycles. The van der Waals surface area contributed by atoms with Gasteiger partial charge in [0.25, 0.3) is 0 Å². The molecule has 4 bridgehead atoms. The first-order valence-corrected chi connectivity index (χ1v) is 9.05. The van der Waals surface area contributed by atoms with Gasteiger partial charge in [-0.05, 0) is 81.2 Å². The first-order chi connectivity index (χ1) is 9.65. The molecule has 0 saturated heterocycles. The Hall–Kier alpha value is -0.0800. The Morgan fingerprint density at radius 2 is 1.60 bits per heavy atom. The number of nitrogens with zero attached hydrogens (tertiary/aromatic N) is 1. The fourth-order valence-corrected chi connectivity index (χ4v) is 5.78. The summed E-state index contributed by atoms with van der Waals surface area (Å²) in [5.41, 5.74) is 0.300. The maximum absolute atomic E-state index is 11.0. The van der Waals surface area contributed by atoms with Crippen molar-refractivity contribution in [2.75, 3.05) is 19.6 Å². The third-order valence-electron chi connectivity index (χ3n) is 6.50. The lowest BCUT2D eigenvalue weighted by Gasteiger charge is -2.58. The van der Waals surface area contributed by atoms with Gasteiger partial charge in [-0.2, -0.15) is 0 Å². The Balaban J connectivity index is 1.62. The highest BCUT2D eigenvalue weighted by Gasteiger charge is 2.53. The van der Waals surface area contributed by atoms with Crippen LogP contribution in [0.3, 0.4) is 0 Å². The Morgan fingerprint density at radius 3 is 2.05 bits per heavy atom. The van der Waals surface area contributed by atoms with Gasteiger partial charge in [-0.1, -0.05) is 20.3 Å². The second-order valence-electron chi connectivity index (χ2n) is 8.04. The molecule has 20 heavy (non-hydrogen) atoms. The van der Waals surface area contributed by atoms with Crippen LogP contribution in [-0.4, -0.2) is 35.7 Å². The minimum Gasteiger partial charge on any atom is -0.391 e. The molecule has 1 unspecified atom stereocenters. The summed E-state index contributed by atoms with van der Waals surface area (Å²) in [6, 6.07) is 0. The van der Waals surface area contributed by atoms with Gasteiger partial charge in [0.05, 0.1) is 6.10 Å². The van der Waals surface area contributed by atoms with Crippen molar-refractivity contribution in [1.82, 2.24) is 4.90 Å². The fourth-order valence-electron chi connectivity index (χ4n) is 5.78. The van der Waals surface area contributed by atoms with Gasteiger partial charge < -0.3 is 10.0 Å². The highest BCUT2D eigenvalue weighted by molar-refractivity contribution is 5.04. The minimum atomic E-state index is -0.0762. The molecular formula is C18H33NO. The van der Waals surface area contributed by atoms with Crippen molar-refractivity contribution in [3.8, 4) is 0 Å². The molecule has 116 valence electrons. The average molecular weight is 279 g/mol. The van der Waals surface area contributed by atoms with Gasteiger partial charge in [-0.15, -0.1) is 0 Å². The van der Waals surface area contributed by atoms with Crippen molar-refractivity contribution < 1.29 is 5.11 Å². The lowest BCUT2D eigenvalue weighted by Crippen LogP contribution is -2.54. The molecular weight excluding hydrogens is 246 g/mol. The third kappa shape index (κ3) is 2.78. The smallest absolute Gasteiger partial charge is 0.0723 e. The molecule has 1 atom stereocenters. The molecule has 0 amide bonds. The van der Waals surface area contributed by atoms with Crippen LogP contribution in [0.2, 0.25) is 0 Å². The maximum Gasteiger partial charge on any atom is 0.0723 e. The number of hydrogen-bond donors (Lipinski definition) is 1. The quantitative estimate of drug-likeness (QED) is 0.768. The van der Waals surface area contributed by atoms with Gasteiger partial charge in [-0.25, -0.2) is 0 Å². The molecule has 4 aliphatic carbocycles. The average Bonchev–Trinajstić information content (AvgIpc) is 2.41. The van der Waals surface area contributed by atoms with Crippen molar-refractivity contribution in [2.24, 2.45) is 23.2 Å². The van der Waals surface area contributed by atoms with Gasteiger partial charge in [0.15, 0.2) is 0 Å². The summed E-state index contributed by atoms with van der Waals surface area (Å²) in [5.74, 6) is 2.84. The highest BCUT2D eigenvalue weighted by atomic mass is 16.3. The largest absolute Gasteiger partial charge is 0.391 e. The maximum atomic E-state index is 11.0. The number of aliphatic hydroxyl groups excluding tert-OH is 1. The summed E-state index contributed by atoms with van der Waals surface area (Å²) >= 11 is 0. The summed E-state index contributed by atoms with van der Waals surface area (Å²) in [6.45, 7) is 7.66. The van der Waals surface area contributed by atoms with E-state index >= 15 is 0 Å². The monoisotopic (exact) mass is 279 g/mol. The minimum absolute atomic E-state index is 0.0762. The van der Waals surface area contributed by atoms with Crippen molar-refractivity contribution >= 4 is 0 Å². The zero-order valence-electron chi connectivity index (χ0n) is 13.5. The first-order valence-electron chi connectivity index (χ1n) is 9.05. The van der Waals surface area contributed by atoms with Crippen LogP contribution in [0.1, 0.15) is 65.2 Å². The SMILES string of the molecule is CCCCN(CC)CC(O)C12CC3CC(CC(C3)C1)C2. The lowest BCUT2D eigenvalue weighted by molar-refractivity contribution is -0.126. The molecule has 4 fully saturated rings. The molecule has 1 N–H and O–H groups in total. The standard InChI is InChI=1S/C18H33NO/c1-3-5-6-19(4-2)13-17(20)18-10-14-7-15(11-18)9-16(8-14)12-18/h14-17,20H,3-13H2,1-2H3. The number of aliphatic hydroxyl groups is 1. The Morgan fingerprint density at radius 1 is 1.05 bits per heavy atom. The summed E-state index contributed by atoms with van der Waals surface area (Å²) in [6.07, 6.45) is 10.8. The second-order valence-corrected chi connectivity index (χ2v) is 8.04. The molecule has 4 rings (SSSR count). The van der Waals surface area contributed by atoms with E-state index in [1.165, 1.54) is 51.4 Å². The van der Waals surface area contributed by atoms with Crippen LogP contribution in [0.25, 0.3) is 0 Å². The van der Waals surface area contributed by atoms with Crippen LogP contribution in [0, 0.1) is 23.2 Å². The van der Waals surface area contributed by atoms with Crippen LogP contribution >= 0.6 is 0 Å². The Kier molecular flexibility index (Phi) is 4.42. The summed E-state index contributed by atoms with van der Waals surface area (Å²) in [7, 11) is 0. The zero-order chi connectivity index (χ0) is 14.2. The normalized spacial score (nSPS) is 40.5. The van der Waals surface area contributed by atoms with Gasteiger partial charge in [0.2, 0.25) is 0 Å². The molecule has 0 spiro atoms. The first kappa shape index (κ1) is 14.8. The van der Waals surface area contributed by atoms with Crippen LogP contribution < -0.4 is 0 Å².